The fourth-order valence-electron chi connectivity index (χ4n) is 3.58. The van der Waals surface area contributed by atoms with Crippen LogP contribution in [0.25, 0.3) is 10.9 Å². The van der Waals surface area contributed by atoms with Crippen molar-refractivity contribution in [3.63, 3.8) is 0 Å². The summed E-state index contributed by atoms with van der Waals surface area (Å²) in [5.41, 5.74) is 6.23. The number of amides is 1. The van der Waals surface area contributed by atoms with Crippen LogP contribution in [-0.2, 0) is 16.0 Å². The first-order valence-electron chi connectivity index (χ1n) is 9.88. The van der Waals surface area contributed by atoms with Gasteiger partial charge in [0.15, 0.2) is 0 Å². The van der Waals surface area contributed by atoms with Crippen LogP contribution in [0.4, 0.5) is 0 Å². The zero-order chi connectivity index (χ0) is 23.3. The van der Waals surface area contributed by atoms with Crippen LogP contribution in [0.15, 0.2) is 36.5 Å². The molecule has 3 aromatic rings. The Morgan fingerprint density at radius 1 is 1.00 bits per heavy atom. The highest BCUT2D eigenvalue weighted by Gasteiger charge is 2.20. The third kappa shape index (κ3) is 5.72. The molecular formula is C24H28N2O5. The van der Waals surface area contributed by atoms with E-state index in [1.54, 1.807) is 6.20 Å². The number of rotatable bonds is 5. The summed E-state index contributed by atoms with van der Waals surface area (Å²) >= 11 is 0. The number of aromatic nitrogens is 1. The zero-order valence-electron chi connectivity index (χ0n) is 18.4. The molecular weight excluding hydrogens is 396 g/mol. The van der Waals surface area contributed by atoms with Gasteiger partial charge >= 0.3 is 11.9 Å². The van der Waals surface area contributed by atoms with E-state index in [1.807, 2.05) is 58.0 Å². The molecule has 0 aliphatic rings. The summed E-state index contributed by atoms with van der Waals surface area (Å²) in [6.45, 7) is 8.96. The van der Waals surface area contributed by atoms with Gasteiger partial charge in [0.2, 0.25) is 5.91 Å². The van der Waals surface area contributed by atoms with Gasteiger partial charge in [0, 0.05) is 30.4 Å². The van der Waals surface area contributed by atoms with Crippen molar-refractivity contribution in [2.75, 3.05) is 0 Å². The van der Waals surface area contributed by atoms with Crippen LogP contribution < -0.4 is 5.32 Å². The van der Waals surface area contributed by atoms with Crippen LogP contribution in [-0.4, -0.2) is 39.1 Å². The van der Waals surface area contributed by atoms with E-state index < -0.39 is 18.0 Å². The lowest BCUT2D eigenvalue weighted by molar-refractivity contribution is -0.141. The maximum Gasteiger partial charge on any atom is 0.336 e. The quantitative estimate of drug-likeness (QED) is 0.495. The molecule has 1 heterocycles. The second-order valence-electron chi connectivity index (χ2n) is 7.60. The molecule has 7 heteroatoms. The number of carboxylic acids is 2. The highest BCUT2D eigenvalue weighted by Crippen LogP contribution is 2.21. The largest absolute Gasteiger partial charge is 0.480 e. The summed E-state index contributed by atoms with van der Waals surface area (Å²) in [4.78, 5) is 36.0. The molecule has 31 heavy (non-hydrogen) atoms. The molecule has 0 fully saturated rings. The summed E-state index contributed by atoms with van der Waals surface area (Å²) in [7, 11) is 0. The molecule has 0 saturated carbocycles. The summed E-state index contributed by atoms with van der Waals surface area (Å²) in [6, 6.07) is 8.67. The number of aromatic carboxylic acids is 1. The van der Waals surface area contributed by atoms with E-state index in [0.29, 0.717) is 5.56 Å². The number of hydrogen-bond donors (Lipinski definition) is 4. The van der Waals surface area contributed by atoms with Crippen molar-refractivity contribution < 1.29 is 24.6 Å². The van der Waals surface area contributed by atoms with Crippen LogP contribution in [0, 0.1) is 27.7 Å². The van der Waals surface area contributed by atoms with Crippen LogP contribution in [0.2, 0.25) is 0 Å². The number of carbonyl (C=O) groups is 3. The van der Waals surface area contributed by atoms with Crippen molar-refractivity contribution in [2.24, 2.45) is 0 Å². The number of nitrogens with one attached hydrogen (secondary N) is 2. The van der Waals surface area contributed by atoms with E-state index in [0.717, 1.165) is 38.7 Å². The summed E-state index contributed by atoms with van der Waals surface area (Å²) < 4.78 is 0. The zero-order valence-corrected chi connectivity index (χ0v) is 18.4. The molecule has 2 aromatic carbocycles. The molecule has 0 radical (unpaired) electrons. The lowest BCUT2D eigenvalue weighted by atomic mass is 9.94. The van der Waals surface area contributed by atoms with Gasteiger partial charge in [-0.1, -0.05) is 24.3 Å². The Kier molecular flexibility index (Phi) is 7.58. The van der Waals surface area contributed by atoms with Gasteiger partial charge in [0.25, 0.3) is 0 Å². The van der Waals surface area contributed by atoms with Gasteiger partial charge in [-0.25, -0.2) is 9.59 Å². The highest BCUT2D eigenvalue weighted by atomic mass is 16.4. The van der Waals surface area contributed by atoms with Crippen molar-refractivity contribution in [3.05, 3.63) is 69.9 Å². The normalized spacial score (nSPS) is 11.4. The van der Waals surface area contributed by atoms with Crippen molar-refractivity contribution in [1.82, 2.24) is 10.3 Å². The van der Waals surface area contributed by atoms with Gasteiger partial charge in [0.1, 0.15) is 6.04 Å². The van der Waals surface area contributed by atoms with E-state index in [4.69, 9.17) is 10.2 Å². The number of H-pyrrole nitrogens is 1. The summed E-state index contributed by atoms with van der Waals surface area (Å²) in [5, 5.41) is 21.4. The number of aliphatic carboxylic acids is 1. The van der Waals surface area contributed by atoms with E-state index in [9.17, 15) is 14.4 Å². The molecule has 164 valence electrons. The van der Waals surface area contributed by atoms with Crippen molar-refractivity contribution in [2.45, 2.75) is 47.1 Å². The predicted octanol–water partition coefficient (Wildman–Crippen LogP) is 3.92. The standard InChI is InChI=1S/C13H14N2O3.C11H14O2/c1-8(16)15-12(13(17)18)6-9-7-14-11-5-3-2-4-10(9)11;1-6-5-7(2)10(11(12)13)9(4)8(6)3/h2-5,7,12,14H,6H2,1H3,(H,15,16)(H,17,18);5H,1-4H3,(H,12,13). The molecule has 0 spiro atoms. The molecule has 1 amide bonds. The molecule has 3 rings (SSSR count). The topological polar surface area (TPSA) is 119 Å². The van der Waals surface area contributed by atoms with Crippen LogP contribution in [0.5, 0.6) is 0 Å². The minimum Gasteiger partial charge on any atom is -0.480 e. The van der Waals surface area contributed by atoms with Gasteiger partial charge in [-0.15, -0.1) is 0 Å². The maximum absolute atomic E-state index is 11.1. The van der Waals surface area contributed by atoms with Gasteiger partial charge in [-0.05, 0) is 61.6 Å². The maximum atomic E-state index is 11.1. The van der Waals surface area contributed by atoms with Gasteiger partial charge < -0.3 is 20.5 Å². The Morgan fingerprint density at radius 3 is 2.23 bits per heavy atom. The first-order valence-corrected chi connectivity index (χ1v) is 9.88. The van der Waals surface area contributed by atoms with Gasteiger partial charge in [-0.2, -0.15) is 0 Å². The minimum atomic E-state index is -1.03. The molecule has 0 aliphatic heterocycles. The fraction of sp³-hybridized carbons (Fsp3) is 0.292. The van der Waals surface area contributed by atoms with E-state index in [-0.39, 0.29) is 12.3 Å². The molecule has 1 unspecified atom stereocenters. The number of fused-ring (bicyclic) bond motifs is 1. The monoisotopic (exact) mass is 424 g/mol. The van der Waals surface area contributed by atoms with Crippen molar-refractivity contribution >= 4 is 28.7 Å². The number of aryl methyl sites for hydroxylation is 2. The number of carboxylic acid groups (broad SMARTS) is 2. The van der Waals surface area contributed by atoms with Crippen LogP contribution >= 0.6 is 0 Å². The second kappa shape index (κ2) is 9.93. The minimum absolute atomic E-state index is 0.263. The Bertz CT molecular complexity index is 1130. The van der Waals surface area contributed by atoms with Gasteiger partial charge in [0.05, 0.1) is 5.56 Å². The predicted molar refractivity (Wildman–Crippen MR) is 120 cm³/mol. The average molecular weight is 424 g/mol. The Balaban J connectivity index is 0.000000233. The molecule has 4 N–H and O–H groups in total. The second-order valence-corrected chi connectivity index (χ2v) is 7.60. The number of hydrogen-bond acceptors (Lipinski definition) is 3. The highest BCUT2D eigenvalue weighted by molar-refractivity contribution is 5.91. The van der Waals surface area contributed by atoms with E-state index >= 15 is 0 Å². The van der Waals surface area contributed by atoms with Crippen LogP contribution in [0.1, 0.15) is 45.1 Å². The number of carbonyl (C=O) groups excluding carboxylic acids is 1. The van der Waals surface area contributed by atoms with Gasteiger partial charge in [-0.3, -0.25) is 4.79 Å². The van der Waals surface area contributed by atoms with E-state index in [2.05, 4.69) is 10.3 Å². The number of benzene rings is 2. The molecule has 1 atom stereocenters. The Labute approximate surface area is 181 Å². The number of aromatic amines is 1. The Hall–Kier alpha value is -3.61. The third-order valence-electron chi connectivity index (χ3n) is 5.34. The Morgan fingerprint density at radius 2 is 1.65 bits per heavy atom. The molecule has 0 bridgehead atoms. The number of para-hydroxylation sites is 1. The van der Waals surface area contributed by atoms with Crippen LogP contribution in [0.3, 0.4) is 0 Å². The van der Waals surface area contributed by atoms with E-state index in [1.165, 1.54) is 6.92 Å². The summed E-state index contributed by atoms with van der Waals surface area (Å²) in [5.74, 6) is -2.21. The van der Waals surface area contributed by atoms with Crippen molar-refractivity contribution in [1.29, 1.82) is 0 Å². The molecule has 1 aromatic heterocycles. The lowest BCUT2D eigenvalue weighted by Crippen LogP contribution is -2.41. The fourth-order valence-corrected chi connectivity index (χ4v) is 3.58. The first kappa shape index (κ1) is 23.7. The molecule has 0 aliphatic carbocycles. The molecule has 0 saturated heterocycles. The lowest BCUT2D eigenvalue weighted by Gasteiger charge is -2.12. The average Bonchev–Trinajstić information content (AvgIpc) is 3.08. The molecule has 7 nitrogen and oxygen atoms in total. The third-order valence-corrected chi connectivity index (χ3v) is 5.34. The first-order chi connectivity index (χ1) is 14.5. The smallest absolute Gasteiger partial charge is 0.336 e. The summed E-state index contributed by atoms with van der Waals surface area (Å²) in [6.07, 6.45) is 2.04. The van der Waals surface area contributed by atoms with Crippen molar-refractivity contribution in [3.8, 4) is 0 Å². The SMILES string of the molecule is CC(=O)NC(Cc1c[nH]c2ccccc12)C(=O)O.Cc1cc(C)c(C(=O)O)c(C)c1C.